The second kappa shape index (κ2) is 3.31. The van der Waals surface area contributed by atoms with Gasteiger partial charge in [-0.05, 0) is 6.07 Å². The molecule has 1 heterocycles. The summed E-state index contributed by atoms with van der Waals surface area (Å²) in [5.74, 6) is -0.578. The Kier molecular flexibility index (Phi) is 2.39. The lowest BCUT2D eigenvalue weighted by Crippen LogP contribution is -2.06. The summed E-state index contributed by atoms with van der Waals surface area (Å²) < 4.78 is 17.2. The number of hydrogen-bond donors (Lipinski definition) is 1. The molecule has 66 valence electrons. The van der Waals surface area contributed by atoms with Crippen LogP contribution in [0.4, 0.5) is 10.3 Å². The first kappa shape index (κ1) is 8.66. The van der Waals surface area contributed by atoms with Crippen LogP contribution in [0.2, 0.25) is 0 Å². The van der Waals surface area contributed by atoms with Crippen molar-refractivity contribution in [1.82, 2.24) is 0 Å². The molecule has 1 aromatic rings. The van der Waals surface area contributed by atoms with Gasteiger partial charge in [0.05, 0.1) is 6.07 Å². The smallest absolute Gasteiger partial charge is 0.403 e. The highest BCUT2D eigenvalue weighted by Gasteiger charge is 2.17. The van der Waals surface area contributed by atoms with Gasteiger partial charge in [0.1, 0.15) is 10.7 Å². The van der Waals surface area contributed by atoms with Crippen molar-refractivity contribution in [2.45, 2.75) is 6.17 Å². The van der Waals surface area contributed by atoms with Crippen molar-refractivity contribution in [3.8, 4) is 0 Å². The zero-order valence-electron chi connectivity index (χ0n) is 6.07. The molecule has 1 aromatic heterocycles. The topological polar surface area (TPSA) is 82.3 Å². The molecule has 1 rings (SSSR count). The summed E-state index contributed by atoms with van der Waals surface area (Å²) in [4.78, 5) is 9.35. The van der Waals surface area contributed by atoms with Gasteiger partial charge in [-0.1, -0.05) is 0 Å². The standard InChI is InChI=1S/C6H7FN2O3/c7-4(3-8)5-1-2-6(12-5)9(10)11/h1-2,4H,3,8H2. The van der Waals surface area contributed by atoms with E-state index in [0.717, 1.165) is 6.07 Å². The van der Waals surface area contributed by atoms with Crippen LogP contribution in [0.15, 0.2) is 16.5 Å². The zero-order valence-corrected chi connectivity index (χ0v) is 6.07. The molecular formula is C6H7FN2O3. The van der Waals surface area contributed by atoms with Crippen molar-refractivity contribution in [2.24, 2.45) is 5.73 Å². The van der Waals surface area contributed by atoms with Crippen LogP contribution >= 0.6 is 0 Å². The van der Waals surface area contributed by atoms with Crippen LogP contribution in [0.25, 0.3) is 0 Å². The Balaban J connectivity index is 2.84. The molecular weight excluding hydrogens is 167 g/mol. The second-order valence-corrected chi connectivity index (χ2v) is 2.14. The van der Waals surface area contributed by atoms with Crippen molar-refractivity contribution in [3.05, 3.63) is 28.0 Å². The van der Waals surface area contributed by atoms with Crippen LogP contribution < -0.4 is 5.73 Å². The van der Waals surface area contributed by atoms with Gasteiger partial charge >= 0.3 is 5.88 Å². The predicted octanol–water partition coefficient (Wildman–Crippen LogP) is 1.16. The van der Waals surface area contributed by atoms with E-state index in [4.69, 9.17) is 5.73 Å². The molecule has 2 N–H and O–H groups in total. The molecule has 0 saturated carbocycles. The number of nitrogens with two attached hydrogens (primary N) is 1. The molecule has 0 aliphatic carbocycles. The molecule has 0 fully saturated rings. The molecule has 0 aliphatic heterocycles. The third-order valence-electron chi connectivity index (χ3n) is 1.31. The minimum Gasteiger partial charge on any atom is -0.403 e. The zero-order chi connectivity index (χ0) is 9.14. The molecule has 5 nitrogen and oxygen atoms in total. The van der Waals surface area contributed by atoms with Gasteiger partial charge in [0.2, 0.25) is 0 Å². The summed E-state index contributed by atoms with van der Waals surface area (Å²) in [7, 11) is 0. The van der Waals surface area contributed by atoms with Gasteiger partial charge in [-0.3, -0.25) is 10.1 Å². The maximum absolute atomic E-state index is 12.7. The third kappa shape index (κ3) is 1.59. The molecule has 0 saturated heterocycles. The summed E-state index contributed by atoms with van der Waals surface area (Å²) in [6, 6.07) is 2.30. The maximum Gasteiger partial charge on any atom is 0.433 e. The predicted molar refractivity (Wildman–Crippen MR) is 38.3 cm³/mol. The van der Waals surface area contributed by atoms with Gasteiger partial charge in [0.15, 0.2) is 6.17 Å². The lowest BCUT2D eigenvalue weighted by Gasteiger charge is -1.97. The van der Waals surface area contributed by atoms with E-state index in [1.54, 1.807) is 0 Å². The molecule has 1 atom stereocenters. The van der Waals surface area contributed by atoms with E-state index in [0.29, 0.717) is 0 Å². The van der Waals surface area contributed by atoms with Crippen molar-refractivity contribution in [1.29, 1.82) is 0 Å². The van der Waals surface area contributed by atoms with Crippen LogP contribution in [0, 0.1) is 10.1 Å². The normalized spacial score (nSPS) is 12.8. The average molecular weight is 174 g/mol. The number of furan rings is 1. The van der Waals surface area contributed by atoms with Crippen molar-refractivity contribution in [2.75, 3.05) is 6.54 Å². The van der Waals surface area contributed by atoms with Crippen LogP contribution in [0.3, 0.4) is 0 Å². The fourth-order valence-corrected chi connectivity index (χ4v) is 0.725. The number of alkyl halides is 1. The van der Waals surface area contributed by atoms with Gasteiger partial charge in [0, 0.05) is 6.54 Å². The Hall–Kier alpha value is -1.43. The lowest BCUT2D eigenvalue weighted by molar-refractivity contribution is -0.402. The Morgan fingerprint density at radius 2 is 2.42 bits per heavy atom. The summed E-state index contributed by atoms with van der Waals surface area (Å²) in [6.45, 7) is -0.245. The quantitative estimate of drug-likeness (QED) is 0.550. The SMILES string of the molecule is NCC(F)c1ccc([N+](=O)[O-])o1. The number of nitrogens with zero attached hydrogens (tertiary/aromatic N) is 1. The maximum atomic E-state index is 12.7. The molecule has 0 aliphatic rings. The summed E-state index contributed by atoms with van der Waals surface area (Å²) in [5, 5.41) is 10.1. The Morgan fingerprint density at radius 1 is 1.75 bits per heavy atom. The Labute approximate surface area is 67.1 Å². The summed E-state index contributed by atoms with van der Waals surface area (Å²) in [6.07, 6.45) is -1.47. The number of rotatable bonds is 3. The Bertz CT molecular complexity index is 286. The molecule has 0 amide bonds. The number of nitro groups is 1. The fraction of sp³-hybridized carbons (Fsp3) is 0.333. The van der Waals surface area contributed by atoms with Gasteiger partial charge in [-0.15, -0.1) is 0 Å². The van der Waals surface area contributed by atoms with E-state index in [1.807, 2.05) is 0 Å². The van der Waals surface area contributed by atoms with Gasteiger partial charge in [0.25, 0.3) is 0 Å². The minimum absolute atomic E-state index is 0.107. The lowest BCUT2D eigenvalue weighted by atomic mass is 10.3. The van der Waals surface area contributed by atoms with E-state index in [-0.39, 0.29) is 12.3 Å². The highest BCUT2D eigenvalue weighted by molar-refractivity contribution is 5.19. The highest BCUT2D eigenvalue weighted by atomic mass is 19.1. The van der Waals surface area contributed by atoms with Gasteiger partial charge in [-0.2, -0.15) is 0 Å². The van der Waals surface area contributed by atoms with E-state index >= 15 is 0 Å². The second-order valence-electron chi connectivity index (χ2n) is 2.14. The van der Waals surface area contributed by atoms with Crippen LogP contribution in [0.5, 0.6) is 0 Å². The molecule has 0 spiro atoms. The van der Waals surface area contributed by atoms with Crippen molar-refractivity contribution < 1.29 is 13.7 Å². The van der Waals surface area contributed by atoms with Crippen LogP contribution in [-0.4, -0.2) is 11.5 Å². The molecule has 12 heavy (non-hydrogen) atoms. The van der Waals surface area contributed by atoms with Crippen LogP contribution in [0.1, 0.15) is 11.9 Å². The molecule has 0 bridgehead atoms. The first-order chi connectivity index (χ1) is 5.65. The van der Waals surface area contributed by atoms with Gasteiger partial charge in [-0.25, -0.2) is 4.39 Å². The highest BCUT2D eigenvalue weighted by Crippen LogP contribution is 2.22. The van der Waals surface area contributed by atoms with Gasteiger partial charge < -0.3 is 10.2 Å². The van der Waals surface area contributed by atoms with E-state index in [2.05, 4.69) is 4.42 Å². The first-order valence-corrected chi connectivity index (χ1v) is 3.23. The van der Waals surface area contributed by atoms with E-state index in [9.17, 15) is 14.5 Å². The van der Waals surface area contributed by atoms with Crippen molar-refractivity contribution in [3.63, 3.8) is 0 Å². The summed E-state index contributed by atoms with van der Waals surface area (Å²) in [5.41, 5.74) is 4.98. The van der Waals surface area contributed by atoms with E-state index < -0.39 is 17.0 Å². The first-order valence-electron chi connectivity index (χ1n) is 3.23. The molecule has 0 aromatic carbocycles. The van der Waals surface area contributed by atoms with Crippen LogP contribution in [-0.2, 0) is 0 Å². The number of halogens is 1. The fourth-order valence-electron chi connectivity index (χ4n) is 0.725. The molecule has 0 radical (unpaired) electrons. The summed E-state index contributed by atoms with van der Waals surface area (Å²) >= 11 is 0. The minimum atomic E-state index is -1.47. The Morgan fingerprint density at radius 3 is 2.83 bits per heavy atom. The monoisotopic (exact) mass is 174 g/mol. The van der Waals surface area contributed by atoms with E-state index in [1.165, 1.54) is 6.07 Å². The third-order valence-corrected chi connectivity index (χ3v) is 1.31. The number of hydrogen-bond acceptors (Lipinski definition) is 4. The largest absolute Gasteiger partial charge is 0.433 e. The average Bonchev–Trinajstić information content (AvgIpc) is 2.51. The molecule has 6 heteroatoms. The van der Waals surface area contributed by atoms with Crippen molar-refractivity contribution >= 4 is 5.88 Å². The molecule has 1 unspecified atom stereocenters.